The third-order valence-electron chi connectivity index (χ3n) is 1.89. The summed E-state index contributed by atoms with van der Waals surface area (Å²) in [5, 5.41) is 0. The first-order chi connectivity index (χ1) is 6.50. The van der Waals surface area contributed by atoms with Crippen molar-refractivity contribution in [2.75, 3.05) is 13.2 Å². The first-order valence-corrected chi connectivity index (χ1v) is 5.44. The van der Waals surface area contributed by atoms with Crippen molar-refractivity contribution in [1.82, 2.24) is 0 Å². The smallest absolute Gasteiger partial charge is 0.322 e. The van der Waals surface area contributed by atoms with Crippen molar-refractivity contribution in [3.63, 3.8) is 0 Å². The van der Waals surface area contributed by atoms with Gasteiger partial charge in [0.25, 0.3) is 0 Å². The molecule has 0 bridgehead atoms. The number of rotatable bonds is 2. The molecule has 1 aliphatic rings. The molecule has 0 aromatic rings. The molecule has 1 saturated heterocycles. The molecule has 82 valence electrons. The van der Waals surface area contributed by atoms with E-state index in [4.69, 9.17) is 14.5 Å². The van der Waals surface area contributed by atoms with Crippen LogP contribution in [0.1, 0.15) is 26.7 Å². The molecule has 0 spiro atoms. The third-order valence-corrected chi connectivity index (χ3v) is 2.21. The summed E-state index contributed by atoms with van der Waals surface area (Å²) in [4.78, 5) is 21.1. The second-order valence-electron chi connectivity index (χ2n) is 3.72. The van der Waals surface area contributed by atoms with Crippen LogP contribution in [0.15, 0.2) is 0 Å². The summed E-state index contributed by atoms with van der Waals surface area (Å²) in [6.45, 7) is 4.47. The van der Waals surface area contributed by atoms with E-state index in [1.165, 1.54) is 0 Å². The van der Waals surface area contributed by atoms with Gasteiger partial charge in [-0.15, -0.1) is 0 Å². The molecule has 0 aromatic heterocycles. The van der Waals surface area contributed by atoms with Gasteiger partial charge in [-0.25, -0.2) is 9.78 Å². The number of carbonyl (C=O) groups is 1. The number of ether oxygens (including phenoxy) is 1. The molecule has 1 heterocycles. The van der Waals surface area contributed by atoms with Crippen LogP contribution in [0, 0.1) is 0 Å². The van der Waals surface area contributed by atoms with Gasteiger partial charge in [-0.05, 0) is 13.8 Å². The zero-order valence-electron chi connectivity index (χ0n) is 8.42. The number of carbonyl (C=O) groups excluding carboxylic acids is 1. The Morgan fingerprint density at radius 3 is 2.29 bits per heavy atom. The van der Waals surface area contributed by atoms with E-state index in [1.54, 1.807) is 13.8 Å². The van der Waals surface area contributed by atoms with Gasteiger partial charge in [0.15, 0.2) is 0 Å². The lowest BCUT2D eigenvalue weighted by atomic mass is 10.2. The summed E-state index contributed by atoms with van der Waals surface area (Å²) >= 11 is 3.25. The molecule has 1 rings (SSSR count). The molecule has 5 heteroatoms. The Bertz CT molecular complexity index is 191. The SMILES string of the molecule is CC(C)(Br)C(=O)OC1CCOOCC1. The molecule has 0 unspecified atom stereocenters. The maximum atomic E-state index is 11.5. The van der Waals surface area contributed by atoms with Crippen LogP contribution in [-0.4, -0.2) is 29.6 Å². The Morgan fingerprint density at radius 1 is 1.36 bits per heavy atom. The zero-order chi connectivity index (χ0) is 10.6. The molecule has 0 saturated carbocycles. The van der Waals surface area contributed by atoms with Crippen molar-refractivity contribution in [3.8, 4) is 0 Å². The van der Waals surface area contributed by atoms with E-state index in [0.29, 0.717) is 26.1 Å². The first kappa shape index (κ1) is 11.9. The Labute approximate surface area is 92.0 Å². The fourth-order valence-corrected chi connectivity index (χ4v) is 1.12. The van der Waals surface area contributed by atoms with Crippen molar-refractivity contribution in [1.29, 1.82) is 0 Å². The molecule has 1 aliphatic heterocycles. The molecule has 1 fully saturated rings. The molecule has 0 atom stereocenters. The summed E-state index contributed by atoms with van der Waals surface area (Å²) in [7, 11) is 0. The zero-order valence-corrected chi connectivity index (χ0v) is 10.0. The topological polar surface area (TPSA) is 44.8 Å². The largest absolute Gasteiger partial charge is 0.461 e. The fraction of sp³-hybridized carbons (Fsp3) is 0.889. The molecule has 0 N–H and O–H groups in total. The summed E-state index contributed by atoms with van der Waals surface area (Å²) in [5.41, 5.74) is 0. The van der Waals surface area contributed by atoms with Crippen LogP contribution in [0.2, 0.25) is 0 Å². The van der Waals surface area contributed by atoms with Gasteiger partial charge in [-0.3, -0.25) is 4.79 Å². The summed E-state index contributed by atoms with van der Waals surface area (Å²) in [5.74, 6) is -0.246. The second kappa shape index (κ2) is 5.09. The molecule has 0 amide bonds. The first-order valence-electron chi connectivity index (χ1n) is 4.64. The number of halogens is 1. The van der Waals surface area contributed by atoms with Crippen molar-refractivity contribution < 1.29 is 19.3 Å². The highest BCUT2D eigenvalue weighted by Crippen LogP contribution is 2.20. The van der Waals surface area contributed by atoms with E-state index in [2.05, 4.69) is 15.9 Å². The van der Waals surface area contributed by atoms with Gasteiger partial charge in [0.2, 0.25) is 0 Å². The van der Waals surface area contributed by atoms with Crippen LogP contribution < -0.4 is 0 Å². The lowest BCUT2D eigenvalue weighted by Gasteiger charge is -2.20. The average Bonchev–Trinajstić information content (AvgIpc) is 2.31. The van der Waals surface area contributed by atoms with E-state index >= 15 is 0 Å². The third kappa shape index (κ3) is 3.94. The molecule has 0 radical (unpaired) electrons. The Kier molecular flexibility index (Phi) is 4.34. The average molecular weight is 267 g/mol. The van der Waals surface area contributed by atoms with Crippen LogP contribution in [0.5, 0.6) is 0 Å². The standard InChI is InChI=1S/C9H15BrO4/c1-9(2,10)8(11)14-7-3-5-12-13-6-4-7/h7H,3-6H2,1-2H3. The monoisotopic (exact) mass is 266 g/mol. The van der Waals surface area contributed by atoms with Crippen LogP contribution in [0.4, 0.5) is 0 Å². The van der Waals surface area contributed by atoms with Crippen molar-refractivity contribution in [3.05, 3.63) is 0 Å². The van der Waals surface area contributed by atoms with E-state index < -0.39 is 4.32 Å². The van der Waals surface area contributed by atoms with Gasteiger partial charge in [-0.2, -0.15) is 0 Å². The molecule has 0 aromatic carbocycles. The lowest BCUT2D eigenvalue weighted by Crippen LogP contribution is -2.31. The Balaban J connectivity index is 2.38. The number of hydrogen-bond acceptors (Lipinski definition) is 4. The number of esters is 1. The molecular formula is C9H15BrO4. The highest BCUT2D eigenvalue weighted by atomic mass is 79.9. The van der Waals surface area contributed by atoms with Gasteiger partial charge in [0.05, 0.1) is 13.2 Å². The molecular weight excluding hydrogens is 252 g/mol. The summed E-state index contributed by atoms with van der Waals surface area (Å²) < 4.78 is 4.67. The van der Waals surface area contributed by atoms with Crippen LogP contribution in [0.3, 0.4) is 0 Å². The van der Waals surface area contributed by atoms with Crippen LogP contribution in [0.25, 0.3) is 0 Å². The van der Waals surface area contributed by atoms with Crippen molar-refractivity contribution >= 4 is 21.9 Å². The fourth-order valence-electron chi connectivity index (χ4n) is 1.03. The number of alkyl halides is 1. The maximum absolute atomic E-state index is 11.5. The lowest BCUT2D eigenvalue weighted by molar-refractivity contribution is -0.287. The van der Waals surface area contributed by atoms with Gasteiger partial charge < -0.3 is 4.74 Å². The van der Waals surface area contributed by atoms with E-state index in [-0.39, 0.29) is 12.1 Å². The van der Waals surface area contributed by atoms with Gasteiger partial charge in [-0.1, -0.05) is 15.9 Å². The predicted molar refractivity (Wildman–Crippen MR) is 54.0 cm³/mol. The molecule has 4 nitrogen and oxygen atoms in total. The van der Waals surface area contributed by atoms with Crippen molar-refractivity contribution in [2.24, 2.45) is 0 Å². The normalized spacial score (nSPS) is 20.2. The highest BCUT2D eigenvalue weighted by Gasteiger charge is 2.28. The maximum Gasteiger partial charge on any atom is 0.322 e. The minimum absolute atomic E-state index is 0.0955. The molecule has 0 aliphatic carbocycles. The second-order valence-corrected chi connectivity index (χ2v) is 5.70. The number of hydrogen-bond donors (Lipinski definition) is 0. The van der Waals surface area contributed by atoms with Crippen LogP contribution in [-0.2, 0) is 19.3 Å². The van der Waals surface area contributed by atoms with E-state index in [0.717, 1.165) is 0 Å². The van der Waals surface area contributed by atoms with Crippen LogP contribution >= 0.6 is 15.9 Å². The minimum Gasteiger partial charge on any atom is -0.461 e. The Hall–Kier alpha value is -0.130. The van der Waals surface area contributed by atoms with E-state index in [9.17, 15) is 4.79 Å². The highest BCUT2D eigenvalue weighted by molar-refractivity contribution is 9.10. The summed E-state index contributed by atoms with van der Waals surface area (Å²) in [6, 6.07) is 0. The van der Waals surface area contributed by atoms with E-state index in [1.807, 2.05) is 0 Å². The van der Waals surface area contributed by atoms with Crippen molar-refractivity contribution in [2.45, 2.75) is 37.1 Å². The van der Waals surface area contributed by atoms with Gasteiger partial charge in [0.1, 0.15) is 10.4 Å². The van der Waals surface area contributed by atoms with Gasteiger partial charge in [0, 0.05) is 12.8 Å². The molecule has 14 heavy (non-hydrogen) atoms. The van der Waals surface area contributed by atoms with Gasteiger partial charge >= 0.3 is 5.97 Å². The predicted octanol–water partition coefficient (Wildman–Crippen LogP) is 1.81. The summed E-state index contributed by atoms with van der Waals surface area (Å²) in [6.07, 6.45) is 1.28. The quantitative estimate of drug-likeness (QED) is 0.435. The Morgan fingerprint density at radius 2 is 1.86 bits per heavy atom. The minimum atomic E-state index is -0.624.